The lowest BCUT2D eigenvalue weighted by Crippen LogP contribution is -2.31. The zero-order valence-corrected chi connectivity index (χ0v) is 10.6. The summed E-state index contributed by atoms with van der Waals surface area (Å²) >= 11 is 0. The van der Waals surface area contributed by atoms with Gasteiger partial charge in [-0.15, -0.1) is 0 Å². The maximum atomic E-state index is 12.2. The molecule has 0 aliphatic heterocycles. The molecule has 2 N–H and O–H groups in total. The largest absolute Gasteiger partial charge is 0.516 e. The molecule has 0 fully saturated rings. The Labute approximate surface area is 107 Å². The van der Waals surface area contributed by atoms with Crippen molar-refractivity contribution in [2.24, 2.45) is 0 Å². The zero-order valence-electron chi connectivity index (χ0n) is 9.78. The summed E-state index contributed by atoms with van der Waals surface area (Å²) in [6, 6.07) is 5.03. The summed E-state index contributed by atoms with van der Waals surface area (Å²) in [5.74, 6) is -0.664. The molecule has 1 rings (SSSR count). The Kier molecular flexibility index (Phi) is 4.40. The highest BCUT2D eigenvalue weighted by molar-refractivity contribution is 7.93. The third kappa shape index (κ3) is 3.60. The van der Waals surface area contributed by atoms with Crippen molar-refractivity contribution in [1.29, 1.82) is 0 Å². The van der Waals surface area contributed by atoms with Crippen LogP contribution in [-0.4, -0.2) is 26.4 Å². The van der Waals surface area contributed by atoms with Gasteiger partial charge in [-0.3, -0.25) is 9.52 Å². The quantitative estimate of drug-likeness (QED) is 0.888. The Bertz CT molecular complexity index is 570. The monoisotopic (exact) mass is 296 g/mol. The number of para-hydroxylation sites is 1. The van der Waals surface area contributed by atoms with Crippen LogP contribution < -0.4 is 10.0 Å². The lowest BCUT2D eigenvalue weighted by atomic mass is 10.2. The van der Waals surface area contributed by atoms with Gasteiger partial charge in [0.1, 0.15) is 0 Å². The number of alkyl halides is 3. The first-order chi connectivity index (χ1) is 8.69. The fourth-order valence-corrected chi connectivity index (χ4v) is 1.81. The number of amides is 1. The number of hydrogen-bond acceptors (Lipinski definition) is 3. The molecule has 0 aliphatic rings. The van der Waals surface area contributed by atoms with Crippen LogP contribution in [0.2, 0.25) is 0 Å². The summed E-state index contributed by atoms with van der Waals surface area (Å²) in [5.41, 5.74) is -6.05. The van der Waals surface area contributed by atoms with Gasteiger partial charge in [-0.2, -0.15) is 21.6 Å². The first-order valence-electron chi connectivity index (χ1n) is 5.15. The standard InChI is InChI=1S/C10H11F3N2O3S/c1-2-14-9(16)7-5-3-4-6-8(7)15-19(17,18)10(11,12)13/h3-6,15H,2H2,1H3,(H,14,16). The smallest absolute Gasteiger partial charge is 0.352 e. The van der Waals surface area contributed by atoms with Gasteiger partial charge < -0.3 is 5.32 Å². The van der Waals surface area contributed by atoms with Crippen molar-refractivity contribution < 1.29 is 26.4 Å². The fourth-order valence-electron chi connectivity index (χ4n) is 1.23. The molecule has 0 spiro atoms. The van der Waals surface area contributed by atoms with E-state index in [2.05, 4.69) is 5.32 Å². The number of rotatable bonds is 4. The summed E-state index contributed by atoms with van der Waals surface area (Å²) in [4.78, 5) is 11.6. The minimum Gasteiger partial charge on any atom is -0.352 e. The molecule has 0 bridgehead atoms. The fraction of sp³-hybridized carbons (Fsp3) is 0.300. The summed E-state index contributed by atoms with van der Waals surface area (Å²) in [7, 11) is -5.55. The van der Waals surface area contributed by atoms with Crippen molar-refractivity contribution in [1.82, 2.24) is 5.32 Å². The Morgan fingerprint density at radius 2 is 1.84 bits per heavy atom. The van der Waals surface area contributed by atoms with Gasteiger partial charge in [0.2, 0.25) is 0 Å². The topological polar surface area (TPSA) is 75.3 Å². The third-order valence-electron chi connectivity index (χ3n) is 2.06. The van der Waals surface area contributed by atoms with Crippen molar-refractivity contribution >= 4 is 21.6 Å². The zero-order chi connectivity index (χ0) is 14.7. The lowest BCUT2D eigenvalue weighted by molar-refractivity contribution is -0.0429. The molecule has 0 radical (unpaired) electrons. The van der Waals surface area contributed by atoms with Crippen LogP contribution in [0.25, 0.3) is 0 Å². The van der Waals surface area contributed by atoms with E-state index in [1.54, 1.807) is 6.92 Å². The Balaban J connectivity index is 3.13. The van der Waals surface area contributed by atoms with Gasteiger partial charge in [-0.1, -0.05) is 12.1 Å². The number of hydrogen-bond donors (Lipinski definition) is 2. The van der Waals surface area contributed by atoms with Crippen LogP contribution in [0.1, 0.15) is 17.3 Å². The second-order valence-electron chi connectivity index (χ2n) is 3.46. The minimum absolute atomic E-state index is 0.183. The average Bonchev–Trinajstić information content (AvgIpc) is 2.28. The highest BCUT2D eigenvalue weighted by atomic mass is 32.2. The number of carbonyl (C=O) groups excluding carboxylic acids is 1. The molecule has 0 aromatic heterocycles. The van der Waals surface area contributed by atoms with E-state index in [0.29, 0.717) is 0 Å². The Morgan fingerprint density at radius 1 is 1.26 bits per heavy atom. The number of anilines is 1. The van der Waals surface area contributed by atoms with E-state index in [-0.39, 0.29) is 12.1 Å². The Morgan fingerprint density at radius 3 is 2.37 bits per heavy atom. The highest BCUT2D eigenvalue weighted by Gasteiger charge is 2.46. The molecule has 106 valence electrons. The number of nitrogens with one attached hydrogen (secondary N) is 2. The van der Waals surface area contributed by atoms with Gasteiger partial charge in [-0.25, -0.2) is 0 Å². The molecular weight excluding hydrogens is 285 g/mol. The molecule has 0 unspecified atom stereocenters. The molecular formula is C10H11F3N2O3S. The molecule has 1 amide bonds. The summed E-state index contributed by atoms with van der Waals surface area (Å²) < 4.78 is 60.1. The molecule has 0 heterocycles. The lowest BCUT2D eigenvalue weighted by Gasteiger charge is -2.13. The van der Waals surface area contributed by atoms with E-state index in [0.717, 1.165) is 6.07 Å². The average molecular weight is 296 g/mol. The molecule has 1 aromatic rings. The van der Waals surface area contributed by atoms with Gasteiger partial charge in [0.05, 0.1) is 11.3 Å². The van der Waals surface area contributed by atoms with Crippen molar-refractivity contribution in [2.45, 2.75) is 12.4 Å². The highest BCUT2D eigenvalue weighted by Crippen LogP contribution is 2.26. The SMILES string of the molecule is CCNC(=O)c1ccccc1NS(=O)(=O)C(F)(F)F. The van der Waals surface area contributed by atoms with Gasteiger partial charge in [0, 0.05) is 6.54 Å². The van der Waals surface area contributed by atoms with E-state index < -0.39 is 27.1 Å². The minimum atomic E-state index is -5.55. The number of carbonyl (C=O) groups is 1. The van der Waals surface area contributed by atoms with Crippen LogP contribution >= 0.6 is 0 Å². The summed E-state index contributed by atoms with van der Waals surface area (Å²) in [6.45, 7) is 1.89. The van der Waals surface area contributed by atoms with Crippen molar-refractivity contribution in [2.75, 3.05) is 11.3 Å². The Hall–Kier alpha value is -1.77. The summed E-state index contributed by atoms with van der Waals surface area (Å²) in [5, 5.41) is 2.37. The van der Waals surface area contributed by atoms with Crippen LogP contribution in [0.4, 0.5) is 18.9 Å². The van der Waals surface area contributed by atoms with Gasteiger partial charge in [0.25, 0.3) is 5.91 Å². The van der Waals surface area contributed by atoms with Gasteiger partial charge >= 0.3 is 15.5 Å². The van der Waals surface area contributed by atoms with Crippen molar-refractivity contribution in [3.63, 3.8) is 0 Å². The van der Waals surface area contributed by atoms with E-state index in [1.807, 2.05) is 0 Å². The molecule has 5 nitrogen and oxygen atoms in total. The molecule has 19 heavy (non-hydrogen) atoms. The first-order valence-corrected chi connectivity index (χ1v) is 6.63. The molecule has 0 aliphatic carbocycles. The van der Waals surface area contributed by atoms with Crippen LogP contribution in [0.3, 0.4) is 0 Å². The predicted molar refractivity (Wildman–Crippen MR) is 63.0 cm³/mol. The second-order valence-corrected chi connectivity index (χ2v) is 5.13. The number of halogens is 3. The summed E-state index contributed by atoms with van der Waals surface area (Å²) in [6.07, 6.45) is 0. The van der Waals surface area contributed by atoms with Crippen LogP contribution in [0.5, 0.6) is 0 Å². The van der Waals surface area contributed by atoms with Gasteiger partial charge in [0.15, 0.2) is 0 Å². The molecule has 0 atom stereocenters. The predicted octanol–water partition coefficient (Wildman–Crippen LogP) is 1.70. The van der Waals surface area contributed by atoms with E-state index in [4.69, 9.17) is 0 Å². The normalized spacial score (nSPS) is 12.0. The maximum absolute atomic E-state index is 12.2. The molecule has 1 aromatic carbocycles. The number of sulfonamides is 1. The third-order valence-corrected chi connectivity index (χ3v) is 3.16. The maximum Gasteiger partial charge on any atom is 0.516 e. The number of benzene rings is 1. The van der Waals surface area contributed by atoms with Crippen LogP contribution in [0, 0.1) is 0 Å². The molecule has 9 heteroatoms. The van der Waals surface area contributed by atoms with Crippen molar-refractivity contribution in [3.8, 4) is 0 Å². The van der Waals surface area contributed by atoms with E-state index in [1.165, 1.54) is 22.9 Å². The van der Waals surface area contributed by atoms with Crippen molar-refractivity contribution in [3.05, 3.63) is 29.8 Å². The van der Waals surface area contributed by atoms with Crippen LogP contribution in [-0.2, 0) is 10.0 Å². The van der Waals surface area contributed by atoms with Gasteiger partial charge in [-0.05, 0) is 19.1 Å². The first kappa shape index (κ1) is 15.3. The van der Waals surface area contributed by atoms with Crippen LogP contribution in [0.15, 0.2) is 24.3 Å². The second kappa shape index (κ2) is 5.47. The van der Waals surface area contributed by atoms with E-state index in [9.17, 15) is 26.4 Å². The molecule has 0 saturated heterocycles. The van der Waals surface area contributed by atoms with E-state index >= 15 is 0 Å². The molecule has 0 saturated carbocycles.